The van der Waals surface area contributed by atoms with Gasteiger partial charge in [-0.2, -0.15) is 15.4 Å². The van der Waals surface area contributed by atoms with E-state index in [0.29, 0.717) is 11.5 Å². The van der Waals surface area contributed by atoms with Gasteiger partial charge >= 0.3 is 0 Å². The lowest BCUT2D eigenvalue weighted by Crippen LogP contribution is -2.16. The summed E-state index contributed by atoms with van der Waals surface area (Å²) in [6.45, 7) is 1.94. The quantitative estimate of drug-likeness (QED) is 0.645. The summed E-state index contributed by atoms with van der Waals surface area (Å²) in [5.41, 5.74) is 14.2. The largest absolute Gasteiger partial charge is 0.383 e. The van der Waals surface area contributed by atoms with Gasteiger partial charge in [0.25, 0.3) is 0 Å². The van der Waals surface area contributed by atoms with Crippen molar-refractivity contribution in [3.05, 3.63) is 35.3 Å². The van der Waals surface area contributed by atoms with Crippen LogP contribution in [0, 0.1) is 6.92 Å². The standard InChI is InChI=1S/C9H12N6/c1-5-2-3-12-9(11)7(5)8(10)6-4-13-15-14-6/h2-4,8H,10H2,1H3,(H2,11,12)(H,13,14,15). The number of H-pyrrole nitrogens is 1. The Balaban J connectivity index is 2.46. The van der Waals surface area contributed by atoms with Gasteiger partial charge in [0.2, 0.25) is 0 Å². The van der Waals surface area contributed by atoms with Gasteiger partial charge in [0.15, 0.2) is 0 Å². The summed E-state index contributed by atoms with van der Waals surface area (Å²) < 4.78 is 0. The molecule has 0 aliphatic heterocycles. The maximum atomic E-state index is 6.02. The van der Waals surface area contributed by atoms with E-state index in [0.717, 1.165) is 11.1 Å². The van der Waals surface area contributed by atoms with Crippen LogP contribution in [0.1, 0.15) is 22.9 Å². The first-order valence-corrected chi connectivity index (χ1v) is 4.52. The molecule has 0 radical (unpaired) electrons. The average molecular weight is 204 g/mol. The van der Waals surface area contributed by atoms with E-state index >= 15 is 0 Å². The number of aromatic nitrogens is 4. The number of rotatable bonds is 2. The molecule has 2 aromatic rings. The molecular formula is C9H12N6. The zero-order chi connectivity index (χ0) is 10.8. The van der Waals surface area contributed by atoms with Crippen LogP contribution in [-0.4, -0.2) is 20.4 Å². The molecule has 1 unspecified atom stereocenters. The maximum absolute atomic E-state index is 6.02. The van der Waals surface area contributed by atoms with Crippen LogP contribution in [-0.2, 0) is 0 Å². The van der Waals surface area contributed by atoms with E-state index in [1.165, 1.54) is 0 Å². The lowest BCUT2D eigenvalue weighted by molar-refractivity contribution is 0.801. The van der Waals surface area contributed by atoms with Gasteiger partial charge in [0, 0.05) is 11.8 Å². The molecule has 0 aromatic carbocycles. The van der Waals surface area contributed by atoms with Crippen molar-refractivity contribution in [1.82, 2.24) is 20.4 Å². The molecule has 0 bridgehead atoms. The highest BCUT2D eigenvalue weighted by Gasteiger charge is 2.17. The van der Waals surface area contributed by atoms with Gasteiger partial charge in [0.05, 0.1) is 12.2 Å². The van der Waals surface area contributed by atoms with Gasteiger partial charge in [-0.25, -0.2) is 4.98 Å². The Bertz CT molecular complexity index is 429. The monoisotopic (exact) mass is 204 g/mol. The van der Waals surface area contributed by atoms with E-state index in [9.17, 15) is 0 Å². The summed E-state index contributed by atoms with van der Waals surface area (Å²) in [7, 11) is 0. The molecule has 78 valence electrons. The number of hydrogen-bond acceptors (Lipinski definition) is 5. The fraction of sp³-hybridized carbons (Fsp3) is 0.222. The van der Waals surface area contributed by atoms with Gasteiger partial charge in [-0.15, -0.1) is 0 Å². The average Bonchev–Trinajstić information content (AvgIpc) is 2.69. The van der Waals surface area contributed by atoms with Crippen LogP contribution in [0.15, 0.2) is 18.5 Å². The topological polar surface area (TPSA) is 106 Å². The molecule has 0 aliphatic rings. The lowest BCUT2D eigenvalue weighted by atomic mass is 10.0. The molecule has 6 nitrogen and oxygen atoms in total. The summed E-state index contributed by atoms with van der Waals surface area (Å²) in [6, 6.07) is 1.48. The van der Waals surface area contributed by atoms with Crippen molar-refractivity contribution in [3.8, 4) is 0 Å². The smallest absolute Gasteiger partial charge is 0.128 e. The number of nitrogen functional groups attached to an aromatic ring is 1. The normalized spacial score (nSPS) is 12.7. The van der Waals surface area contributed by atoms with Gasteiger partial charge in [-0.1, -0.05) is 0 Å². The summed E-state index contributed by atoms with van der Waals surface area (Å²) in [4.78, 5) is 4.01. The van der Waals surface area contributed by atoms with E-state index in [2.05, 4.69) is 20.4 Å². The van der Waals surface area contributed by atoms with E-state index < -0.39 is 6.04 Å². The molecule has 2 rings (SSSR count). The van der Waals surface area contributed by atoms with Crippen LogP contribution < -0.4 is 11.5 Å². The third-order valence-corrected chi connectivity index (χ3v) is 2.30. The third-order valence-electron chi connectivity index (χ3n) is 2.30. The SMILES string of the molecule is Cc1ccnc(N)c1C(N)c1cn[nH]n1. The van der Waals surface area contributed by atoms with Crippen LogP contribution >= 0.6 is 0 Å². The molecule has 0 saturated carbocycles. The zero-order valence-corrected chi connectivity index (χ0v) is 8.31. The number of anilines is 1. The number of nitrogens with zero attached hydrogens (tertiary/aromatic N) is 3. The molecule has 1 atom stereocenters. The molecule has 15 heavy (non-hydrogen) atoms. The highest BCUT2D eigenvalue weighted by atomic mass is 15.3. The predicted molar refractivity (Wildman–Crippen MR) is 55.8 cm³/mol. The predicted octanol–water partition coefficient (Wildman–Crippen LogP) is 0.138. The van der Waals surface area contributed by atoms with Crippen molar-refractivity contribution >= 4 is 5.82 Å². The van der Waals surface area contributed by atoms with E-state index in [4.69, 9.17) is 11.5 Å². The van der Waals surface area contributed by atoms with Gasteiger partial charge in [-0.3, -0.25) is 0 Å². The Morgan fingerprint density at radius 1 is 1.47 bits per heavy atom. The Hall–Kier alpha value is -1.95. The second kappa shape index (κ2) is 3.66. The number of aryl methyl sites for hydroxylation is 1. The Morgan fingerprint density at radius 2 is 2.27 bits per heavy atom. The number of hydrogen-bond donors (Lipinski definition) is 3. The van der Waals surface area contributed by atoms with E-state index in [1.807, 2.05) is 13.0 Å². The molecule has 5 N–H and O–H groups in total. The third kappa shape index (κ3) is 1.66. The molecule has 0 spiro atoms. The Labute approximate surface area is 86.7 Å². The minimum atomic E-state index is -0.391. The van der Waals surface area contributed by atoms with Crippen LogP contribution in [0.5, 0.6) is 0 Å². The fourth-order valence-corrected chi connectivity index (χ4v) is 1.50. The first kappa shape index (κ1) is 9.60. The van der Waals surface area contributed by atoms with Crippen LogP contribution in [0.3, 0.4) is 0 Å². The van der Waals surface area contributed by atoms with Crippen LogP contribution in [0.4, 0.5) is 5.82 Å². The van der Waals surface area contributed by atoms with Crippen molar-refractivity contribution in [1.29, 1.82) is 0 Å². The van der Waals surface area contributed by atoms with E-state index in [1.54, 1.807) is 12.4 Å². The highest BCUT2D eigenvalue weighted by molar-refractivity contribution is 5.48. The Morgan fingerprint density at radius 3 is 2.87 bits per heavy atom. The van der Waals surface area contributed by atoms with Gasteiger partial charge < -0.3 is 11.5 Å². The number of pyridine rings is 1. The summed E-state index contributed by atoms with van der Waals surface area (Å²) in [6.07, 6.45) is 3.24. The molecule has 2 heterocycles. The van der Waals surface area contributed by atoms with Crippen molar-refractivity contribution in [3.63, 3.8) is 0 Å². The summed E-state index contributed by atoms with van der Waals surface area (Å²) >= 11 is 0. The minimum Gasteiger partial charge on any atom is -0.383 e. The first-order valence-electron chi connectivity index (χ1n) is 4.52. The summed E-state index contributed by atoms with van der Waals surface area (Å²) in [5, 5.41) is 10.2. The summed E-state index contributed by atoms with van der Waals surface area (Å²) in [5.74, 6) is 0.436. The van der Waals surface area contributed by atoms with Crippen LogP contribution in [0.25, 0.3) is 0 Å². The number of nitrogens with one attached hydrogen (secondary N) is 1. The second-order valence-electron chi connectivity index (χ2n) is 3.30. The van der Waals surface area contributed by atoms with E-state index in [-0.39, 0.29) is 0 Å². The Kier molecular flexibility index (Phi) is 2.34. The first-order chi connectivity index (χ1) is 7.20. The van der Waals surface area contributed by atoms with Gasteiger partial charge in [-0.05, 0) is 18.6 Å². The molecule has 6 heteroatoms. The molecule has 0 aliphatic carbocycles. The number of aromatic amines is 1. The lowest BCUT2D eigenvalue weighted by Gasteiger charge is -2.13. The molecular weight excluding hydrogens is 192 g/mol. The maximum Gasteiger partial charge on any atom is 0.128 e. The van der Waals surface area contributed by atoms with Crippen molar-refractivity contribution in [2.24, 2.45) is 5.73 Å². The van der Waals surface area contributed by atoms with Crippen molar-refractivity contribution < 1.29 is 0 Å². The van der Waals surface area contributed by atoms with Crippen molar-refractivity contribution in [2.75, 3.05) is 5.73 Å². The second-order valence-corrected chi connectivity index (χ2v) is 3.30. The highest BCUT2D eigenvalue weighted by Crippen LogP contribution is 2.24. The van der Waals surface area contributed by atoms with Gasteiger partial charge in [0.1, 0.15) is 11.5 Å². The molecule has 2 aromatic heterocycles. The van der Waals surface area contributed by atoms with Crippen LogP contribution in [0.2, 0.25) is 0 Å². The molecule has 0 saturated heterocycles. The fourth-order valence-electron chi connectivity index (χ4n) is 1.50. The minimum absolute atomic E-state index is 0.391. The van der Waals surface area contributed by atoms with Crippen molar-refractivity contribution in [2.45, 2.75) is 13.0 Å². The molecule has 0 fully saturated rings. The zero-order valence-electron chi connectivity index (χ0n) is 8.31. The molecule has 0 amide bonds. The number of nitrogens with two attached hydrogens (primary N) is 2.